The van der Waals surface area contributed by atoms with Crippen LogP contribution in [0.1, 0.15) is 50.0 Å². The number of benzene rings is 1. The first-order chi connectivity index (χ1) is 11.5. The standard InChI is InChI=1S/C17H19ClFN3O2/c1-10-12(5-4-8-22(10)11(2)23)17-21-20-16(24-17)9-13-14(18)6-3-7-15(13)19/h3,6-7,10,12H,4-5,8-9H2,1-2H3/t10-,12-/m0/s1. The molecule has 0 N–H and O–H groups in total. The molecule has 5 nitrogen and oxygen atoms in total. The van der Waals surface area contributed by atoms with Crippen molar-refractivity contribution in [2.45, 2.75) is 45.1 Å². The number of hydrogen-bond donors (Lipinski definition) is 0. The second kappa shape index (κ2) is 6.89. The number of rotatable bonds is 3. The SMILES string of the molecule is CC(=O)N1CCC[C@H](c2nnc(Cc3c(F)cccc3Cl)o2)[C@@H]1C. The van der Waals surface area contributed by atoms with Crippen LogP contribution in [0.2, 0.25) is 5.02 Å². The van der Waals surface area contributed by atoms with E-state index in [4.69, 9.17) is 16.0 Å². The largest absolute Gasteiger partial charge is 0.425 e. The van der Waals surface area contributed by atoms with E-state index in [0.717, 1.165) is 19.4 Å². The van der Waals surface area contributed by atoms with Crippen molar-refractivity contribution in [2.24, 2.45) is 0 Å². The van der Waals surface area contributed by atoms with Gasteiger partial charge in [0, 0.05) is 30.1 Å². The average molecular weight is 352 g/mol. The fourth-order valence-electron chi connectivity index (χ4n) is 3.26. The first-order valence-electron chi connectivity index (χ1n) is 7.99. The molecule has 0 saturated carbocycles. The van der Waals surface area contributed by atoms with Gasteiger partial charge in [0.25, 0.3) is 0 Å². The van der Waals surface area contributed by atoms with Crippen molar-refractivity contribution in [2.75, 3.05) is 6.54 Å². The number of carbonyl (C=O) groups is 1. The molecule has 2 heterocycles. The Bertz CT molecular complexity index is 729. The van der Waals surface area contributed by atoms with Gasteiger partial charge in [-0.15, -0.1) is 10.2 Å². The molecular weight excluding hydrogens is 333 g/mol. The Morgan fingerprint density at radius 1 is 1.46 bits per heavy atom. The number of halogens is 2. The third-order valence-electron chi connectivity index (χ3n) is 4.58. The van der Waals surface area contributed by atoms with Crippen LogP contribution in [-0.4, -0.2) is 33.6 Å². The molecule has 1 aromatic carbocycles. The maximum absolute atomic E-state index is 13.9. The normalized spacial score (nSPS) is 21.1. The quantitative estimate of drug-likeness (QED) is 0.848. The highest BCUT2D eigenvalue weighted by atomic mass is 35.5. The zero-order valence-electron chi connectivity index (χ0n) is 13.6. The van der Waals surface area contributed by atoms with Crippen LogP contribution in [0, 0.1) is 5.82 Å². The first-order valence-corrected chi connectivity index (χ1v) is 8.37. The molecule has 24 heavy (non-hydrogen) atoms. The number of piperidine rings is 1. The number of aromatic nitrogens is 2. The van der Waals surface area contributed by atoms with Crippen LogP contribution in [0.5, 0.6) is 0 Å². The van der Waals surface area contributed by atoms with E-state index in [0.29, 0.717) is 22.4 Å². The summed E-state index contributed by atoms with van der Waals surface area (Å²) in [6, 6.07) is 4.54. The van der Waals surface area contributed by atoms with E-state index in [1.54, 1.807) is 19.1 Å². The van der Waals surface area contributed by atoms with Gasteiger partial charge < -0.3 is 9.32 Å². The van der Waals surface area contributed by atoms with Gasteiger partial charge >= 0.3 is 0 Å². The van der Waals surface area contributed by atoms with E-state index in [9.17, 15) is 9.18 Å². The molecule has 0 bridgehead atoms. The fourth-order valence-corrected chi connectivity index (χ4v) is 3.49. The number of hydrogen-bond acceptors (Lipinski definition) is 4. The van der Waals surface area contributed by atoms with Crippen LogP contribution >= 0.6 is 11.6 Å². The molecular formula is C17H19ClFN3O2. The maximum atomic E-state index is 13.9. The minimum absolute atomic E-state index is 0.00000719. The van der Waals surface area contributed by atoms with Crippen LogP contribution in [0.15, 0.2) is 22.6 Å². The van der Waals surface area contributed by atoms with Gasteiger partial charge in [-0.2, -0.15) is 0 Å². The second-order valence-electron chi connectivity index (χ2n) is 6.11. The minimum Gasteiger partial charge on any atom is -0.425 e. The monoisotopic (exact) mass is 351 g/mol. The van der Waals surface area contributed by atoms with Gasteiger partial charge in [0.05, 0.1) is 12.3 Å². The van der Waals surface area contributed by atoms with E-state index in [-0.39, 0.29) is 24.3 Å². The van der Waals surface area contributed by atoms with E-state index < -0.39 is 5.82 Å². The Morgan fingerprint density at radius 3 is 2.96 bits per heavy atom. The predicted molar refractivity (Wildman–Crippen MR) is 87.3 cm³/mol. The summed E-state index contributed by atoms with van der Waals surface area (Å²) in [5.74, 6) is 0.473. The minimum atomic E-state index is -0.393. The lowest BCUT2D eigenvalue weighted by Gasteiger charge is -2.37. The first kappa shape index (κ1) is 16.9. The Labute approximate surface area is 144 Å². The summed E-state index contributed by atoms with van der Waals surface area (Å²) in [4.78, 5) is 13.5. The molecule has 128 valence electrons. The van der Waals surface area contributed by atoms with Crippen molar-refractivity contribution >= 4 is 17.5 Å². The Hall–Kier alpha value is -1.95. The second-order valence-corrected chi connectivity index (χ2v) is 6.52. The molecule has 2 aromatic rings. The van der Waals surface area contributed by atoms with E-state index in [1.807, 2.05) is 11.8 Å². The number of nitrogens with zero attached hydrogens (tertiary/aromatic N) is 3. The van der Waals surface area contributed by atoms with Gasteiger partial charge in [-0.05, 0) is 31.9 Å². The van der Waals surface area contributed by atoms with Crippen LogP contribution in [0.25, 0.3) is 0 Å². The van der Waals surface area contributed by atoms with Crippen molar-refractivity contribution in [3.05, 3.63) is 46.4 Å². The van der Waals surface area contributed by atoms with Gasteiger partial charge in [0.2, 0.25) is 17.7 Å². The van der Waals surface area contributed by atoms with Crippen LogP contribution < -0.4 is 0 Å². The lowest BCUT2D eigenvalue weighted by molar-refractivity contribution is -0.132. The predicted octanol–water partition coefficient (Wildman–Crippen LogP) is 3.57. The molecule has 0 spiro atoms. The van der Waals surface area contributed by atoms with Crippen molar-refractivity contribution in [3.63, 3.8) is 0 Å². The highest BCUT2D eigenvalue weighted by Gasteiger charge is 2.34. The molecule has 0 radical (unpaired) electrons. The molecule has 0 aliphatic carbocycles. The topological polar surface area (TPSA) is 59.2 Å². The summed E-state index contributed by atoms with van der Waals surface area (Å²) in [6.07, 6.45) is 1.93. The molecule has 1 fully saturated rings. The lowest BCUT2D eigenvalue weighted by atomic mass is 9.90. The van der Waals surface area contributed by atoms with Crippen LogP contribution in [0.3, 0.4) is 0 Å². The van der Waals surface area contributed by atoms with Gasteiger partial charge in [0.1, 0.15) is 5.82 Å². The maximum Gasteiger partial charge on any atom is 0.221 e. The smallest absolute Gasteiger partial charge is 0.221 e. The number of carbonyl (C=O) groups excluding carboxylic acids is 1. The van der Waals surface area contributed by atoms with Crippen molar-refractivity contribution in [1.82, 2.24) is 15.1 Å². The molecule has 3 rings (SSSR count). The summed E-state index contributed by atoms with van der Waals surface area (Å²) in [7, 11) is 0. The lowest BCUT2D eigenvalue weighted by Crippen LogP contribution is -2.44. The summed E-state index contributed by atoms with van der Waals surface area (Å²) in [6.45, 7) is 4.31. The van der Waals surface area contributed by atoms with Gasteiger partial charge in [-0.1, -0.05) is 17.7 Å². The van der Waals surface area contributed by atoms with Crippen molar-refractivity contribution in [3.8, 4) is 0 Å². The molecule has 0 unspecified atom stereocenters. The van der Waals surface area contributed by atoms with Crippen LogP contribution in [0.4, 0.5) is 4.39 Å². The van der Waals surface area contributed by atoms with Crippen molar-refractivity contribution < 1.29 is 13.6 Å². The zero-order chi connectivity index (χ0) is 17.3. The zero-order valence-corrected chi connectivity index (χ0v) is 14.4. The molecule has 7 heteroatoms. The molecule has 1 aromatic heterocycles. The van der Waals surface area contributed by atoms with E-state index in [1.165, 1.54) is 6.07 Å². The summed E-state index contributed by atoms with van der Waals surface area (Å²) in [5, 5.41) is 8.48. The Kier molecular flexibility index (Phi) is 4.85. The number of amides is 1. The van der Waals surface area contributed by atoms with E-state index in [2.05, 4.69) is 10.2 Å². The van der Waals surface area contributed by atoms with Gasteiger partial charge in [-0.25, -0.2) is 4.39 Å². The Morgan fingerprint density at radius 2 is 2.25 bits per heavy atom. The van der Waals surface area contributed by atoms with Gasteiger partial charge in [-0.3, -0.25) is 4.79 Å². The molecule has 2 atom stereocenters. The number of likely N-dealkylation sites (tertiary alicyclic amines) is 1. The average Bonchev–Trinajstić information content (AvgIpc) is 2.99. The molecule has 1 aliphatic rings. The van der Waals surface area contributed by atoms with Crippen molar-refractivity contribution in [1.29, 1.82) is 0 Å². The summed E-state index contributed by atoms with van der Waals surface area (Å²) in [5.41, 5.74) is 0.344. The molecule has 1 amide bonds. The van der Waals surface area contributed by atoms with Crippen LogP contribution in [-0.2, 0) is 11.2 Å². The summed E-state index contributed by atoms with van der Waals surface area (Å²) >= 11 is 6.04. The Balaban J connectivity index is 1.79. The third kappa shape index (κ3) is 3.29. The summed E-state index contributed by atoms with van der Waals surface area (Å²) < 4.78 is 19.6. The highest BCUT2D eigenvalue weighted by Crippen LogP contribution is 2.32. The third-order valence-corrected chi connectivity index (χ3v) is 4.94. The van der Waals surface area contributed by atoms with E-state index >= 15 is 0 Å². The molecule has 1 aliphatic heterocycles. The highest BCUT2D eigenvalue weighted by molar-refractivity contribution is 6.31. The fraction of sp³-hybridized carbons (Fsp3) is 0.471. The van der Waals surface area contributed by atoms with Gasteiger partial charge in [0.15, 0.2) is 0 Å². The molecule has 1 saturated heterocycles.